The zero-order chi connectivity index (χ0) is 14.4. The molecule has 0 bridgehead atoms. The second kappa shape index (κ2) is 7.05. The first-order valence-corrected chi connectivity index (χ1v) is 6.78. The number of aromatic nitrogens is 2. The molecule has 1 heterocycles. The van der Waals surface area contributed by atoms with Crippen LogP contribution in [-0.2, 0) is 13.6 Å². The Morgan fingerprint density at radius 3 is 2.95 bits per heavy atom. The van der Waals surface area contributed by atoms with Crippen molar-refractivity contribution in [3.63, 3.8) is 0 Å². The Hall–Kier alpha value is -1.88. The van der Waals surface area contributed by atoms with Crippen LogP contribution < -0.4 is 10.1 Å². The van der Waals surface area contributed by atoms with Crippen LogP contribution in [0.15, 0.2) is 36.7 Å². The van der Waals surface area contributed by atoms with E-state index in [2.05, 4.69) is 17.3 Å². The monoisotopic (exact) mass is 277 g/mol. The van der Waals surface area contributed by atoms with Crippen molar-refractivity contribution in [2.75, 3.05) is 6.54 Å². The molecule has 0 aliphatic heterocycles. The molecular formula is C15H20FN3O. The van der Waals surface area contributed by atoms with E-state index >= 15 is 0 Å². The molecule has 0 unspecified atom stereocenters. The largest absolute Gasteiger partial charge is 0.489 e. The minimum Gasteiger partial charge on any atom is -0.489 e. The summed E-state index contributed by atoms with van der Waals surface area (Å²) in [5.41, 5.74) is 1.13. The lowest BCUT2D eigenvalue weighted by Gasteiger charge is -2.18. The predicted molar refractivity (Wildman–Crippen MR) is 76.0 cm³/mol. The lowest BCUT2D eigenvalue weighted by molar-refractivity contribution is 0.192. The van der Waals surface area contributed by atoms with Crippen LogP contribution in [-0.4, -0.2) is 22.4 Å². The topological polar surface area (TPSA) is 39.1 Å². The summed E-state index contributed by atoms with van der Waals surface area (Å²) < 4.78 is 20.6. The van der Waals surface area contributed by atoms with Gasteiger partial charge in [0.25, 0.3) is 0 Å². The molecular weight excluding hydrogens is 257 g/mol. The molecule has 0 aliphatic rings. The molecule has 0 aliphatic carbocycles. The fourth-order valence-electron chi connectivity index (χ4n) is 1.94. The second-order valence-corrected chi connectivity index (χ2v) is 4.76. The van der Waals surface area contributed by atoms with Crippen LogP contribution in [0.2, 0.25) is 0 Å². The maximum Gasteiger partial charge on any atom is 0.126 e. The highest BCUT2D eigenvalue weighted by atomic mass is 19.1. The maximum atomic E-state index is 13.1. The van der Waals surface area contributed by atoms with Crippen molar-refractivity contribution in [1.82, 2.24) is 15.1 Å². The molecule has 1 atom stereocenters. The van der Waals surface area contributed by atoms with E-state index in [0.29, 0.717) is 12.3 Å². The first-order valence-electron chi connectivity index (χ1n) is 6.78. The minimum atomic E-state index is -0.277. The molecule has 0 radical (unpaired) electrons. The molecule has 5 heteroatoms. The van der Waals surface area contributed by atoms with Gasteiger partial charge in [-0.15, -0.1) is 0 Å². The third-order valence-electron chi connectivity index (χ3n) is 3.01. The van der Waals surface area contributed by atoms with Crippen molar-refractivity contribution in [1.29, 1.82) is 0 Å². The second-order valence-electron chi connectivity index (χ2n) is 4.76. The Labute approximate surface area is 118 Å². The van der Waals surface area contributed by atoms with Crippen LogP contribution in [0, 0.1) is 5.82 Å². The Bertz CT molecular complexity index is 541. The van der Waals surface area contributed by atoms with Gasteiger partial charge in [-0.25, -0.2) is 4.39 Å². The SMILES string of the molecule is CC[C@H](CNCc1cnn(C)c1)Oc1cccc(F)c1. The summed E-state index contributed by atoms with van der Waals surface area (Å²) in [5, 5.41) is 7.44. The summed E-state index contributed by atoms with van der Waals surface area (Å²) >= 11 is 0. The molecule has 2 rings (SSSR count). The van der Waals surface area contributed by atoms with Gasteiger partial charge in [-0.05, 0) is 18.6 Å². The quantitative estimate of drug-likeness (QED) is 0.845. The number of hydrogen-bond acceptors (Lipinski definition) is 3. The molecule has 0 saturated carbocycles. The van der Waals surface area contributed by atoms with E-state index in [1.165, 1.54) is 12.1 Å². The molecule has 1 N–H and O–H groups in total. The van der Waals surface area contributed by atoms with Crippen molar-refractivity contribution >= 4 is 0 Å². The number of nitrogens with one attached hydrogen (secondary N) is 1. The van der Waals surface area contributed by atoms with Gasteiger partial charge in [0.2, 0.25) is 0 Å². The summed E-state index contributed by atoms with van der Waals surface area (Å²) in [6, 6.07) is 6.24. The zero-order valence-electron chi connectivity index (χ0n) is 11.8. The number of ether oxygens (including phenoxy) is 1. The number of nitrogens with zero attached hydrogens (tertiary/aromatic N) is 2. The number of hydrogen-bond donors (Lipinski definition) is 1. The van der Waals surface area contributed by atoms with Gasteiger partial charge in [0.1, 0.15) is 17.7 Å². The van der Waals surface area contributed by atoms with E-state index in [-0.39, 0.29) is 11.9 Å². The van der Waals surface area contributed by atoms with Gasteiger partial charge in [0.15, 0.2) is 0 Å². The lowest BCUT2D eigenvalue weighted by atomic mass is 10.2. The van der Waals surface area contributed by atoms with Gasteiger partial charge in [0.05, 0.1) is 6.20 Å². The fraction of sp³-hybridized carbons (Fsp3) is 0.400. The Kier molecular flexibility index (Phi) is 5.12. The van der Waals surface area contributed by atoms with Gasteiger partial charge < -0.3 is 10.1 Å². The molecule has 2 aromatic rings. The zero-order valence-corrected chi connectivity index (χ0v) is 11.8. The van der Waals surface area contributed by atoms with Gasteiger partial charge >= 0.3 is 0 Å². The molecule has 1 aromatic heterocycles. The highest BCUT2D eigenvalue weighted by molar-refractivity contribution is 5.22. The molecule has 0 saturated heterocycles. The van der Waals surface area contributed by atoms with Crippen molar-refractivity contribution in [3.8, 4) is 5.75 Å². The number of aryl methyl sites for hydroxylation is 1. The normalized spacial score (nSPS) is 12.3. The van der Waals surface area contributed by atoms with Crippen LogP contribution >= 0.6 is 0 Å². The van der Waals surface area contributed by atoms with Crippen LogP contribution in [0.3, 0.4) is 0 Å². The van der Waals surface area contributed by atoms with E-state index in [0.717, 1.165) is 18.5 Å². The van der Waals surface area contributed by atoms with E-state index < -0.39 is 0 Å². The Morgan fingerprint density at radius 2 is 2.30 bits per heavy atom. The summed E-state index contributed by atoms with van der Waals surface area (Å²) in [7, 11) is 1.89. The van der Waals surface area contributed by atoms with E-state index in [4.69, 9.17) is 4.74 Å². The first-order chi connectivity index (χ1) is 9.67. The molecule has 108 valence electrons. The van der Waals surface area contributed by atoms with Gasteiger partial charge in [-0.1, -0.05) is 13.0 Å². The average molecular weight is 277 g/mol. The molecule has 20 heavy (non-hydrogen) atoms. The molecule has 0 amide bonds. The number of rotatable bonds is 7. The van der Waals surface area contributed by atoms with Crippen LogP contribution in [0.25, 0.3) is 0 Å². The highest BCUT2D eigenvalue weighted by Crippen LogP contribution is 2.14. The fourth-order valence-corrected chi connectivity index (χ4v) is 1.94. The van der Waals surface area contributed by atoms with E-state index in [9.17, 15) is 4.39 Å². The molecule has 0 spiro atoms. The Balaban J connectivity index is 1.80. The van der Waals surface area contributed by atoms with E-state index in [1.54, 1.807) is 16.8 Å². The summed E-state index contributed by atoms with van der Waals surface area (Å²) in [6.45, 7) is 3.51. The van der Waals surface area contributed by atoms with Crippen molar-refractivity contribution in [2.24, 2.45) is 7.05 Å². The highest BCUT2D eigenvalue weighted by Gasteiger charge is 2.08. The number of benzene rings is 1. The van der Waals surface area contributed by atoms with Crippen LogP contribution in [0.4, 0.5) is 4.39 Å². The van der Waals surface area contributed by atoms with Gasteiger partial charge in [-0.3, -0.25) is 4.68 Å². The number of halogens is 1. The molecule has 1 aromatic carbocycles. The summed E-state index contributed by atoms with van der Waals surface area (Å²) in [6.07, 6.45) is 4.69. The summed E-state index contributed by atoms with van der Waals surface area (Å²) in [4.78, 5) is 0. The van der Waals surface area contributed by atoms with Crippen molar-refractivity contribution < 1.29 is 9.13 Å². The smallest absolute Gasteiger partial charge is 0.126 e. The third-order valence-corrected chi connectivity index (χ3v) is 3.01. The van der Waals surface area contributed by atoms with Crippen LogP contribution in [0.1, 0.15) is 18.9 Å². The van der Waals surface area contributed by atoms with Gasteiger partial charge in [-0.2, -0.15) is 5.10 Å². The standard InChI is InChI=1S/C15H20FN3O/c1-3-14(20-15-6-4-5-13(16)7-15)10-17-8-12-9-18-19(2)11-12/h4-7,9,11,14,17H,3,8,10H2,1-2H3/t14-/m1/s1. The van der Waals surface area contributed by atoms with Gasteiger partial charge in [0, 0.05) is 38.0 Å². The maximum absolute atomic E-state index is 13.1. The van der Waals surface area contributed by atoms with Crippen LogP contribution in [0.5, 0.6) is 5.75 Å². The van der Waals surface area contributed by atoms with Crippen molar-refractivity contribution in [3.05, 3.63) is 48.0 Å². The molecule has 4 nitrogen and oxygen atoms in total. The predicted octanol–water partition coefficient (Wildman–Crippen LogP) is 2.51. The Morgan fingerprint density at radius 1 is 1.45 bits per heavy atom. The first kappa shape index (κ1) is 14.5. The third kappa shape index (κ3) is 4.35. The minimum absolute atomic E-state index is 0.0217. The average Bonchev–Trinajstić information content (AvgIpc) is 2.83. The van der Waals surface area contributed by atoms with Crippen molar-refractivity contribution in [2.45, 2.75) is 26.0 Å². The van der Waals surface area contributed by atoms with E-state index in [1.807, 2.05) is 19.4 Å². The summed E-state index contributed by atoms with van der Waals surface area (Å²) in [5.74, 6) is 0.292. The lowest BCUT2D eigenvalue weighted by Crippen LogP contribution is -2.30. The molecule has 0 fully saturated rings.